The average molecular weight is 273 g/mol. The number of carbonyl (C=O) groups is 2. The summed E-state index contributed by atoms with van der Waals surface area (Å²) in [6.45, 7) is 2.64. The highest BCUT2D eigenvalue weighted by atomic mass is 32.2. The molecule has 2 fully saturated rings. The summed E-state index contributed by atoms with van der Waals surface area (Å²) in [5.74, 6) is 0.275. The van der Waals surface area contributed by atoms with Gasteiger partial charge in [0.05, 0.1) is 0 Å². The highest BCUT2D eigenvalue weighted by Crippen LogP contribution is 2.09. The Balaban J connectivity index is 1.79. The minimum absolute atomic E-state index is 0.00191. The molecule has 7 heteroatoms. The third-order valence-electron chi connectivity index (χ3n) is 3.32. The van der Waals surface area contributed by atoms with Gasteiger partial charge in [-0.3, -0.25) is 13.8 Å². The molecule has 0 aliphatic carbocycles. The molecule has 6 nitrogen and oxygen atoms in total. The van der Waals surface area contributed by atoms with Crippen LogP contribution in [0.4, 0.5) is 0 Å². The second-order valence-corrected chi connectivity index (χ2v) is 6.33. The highest BCUT2D eigenvalue weighted by molar-refractivity contribution is 7.85. The van der Waals surface area contributed by atoms with Crippen LogP contribution in [-0.4, -0.2) is 64.6 Å². The van der Waals surface area contributed by atoms with Crippen molar-refractivity contribution < 1.29 is 13.8 Å². The molecular weight excluding hydrogens is 254 g/mol. The van der Waals surface area contributed by atoms with Gasteiger partial charge in [-0.05, 0) is 12.8 Å². The van der Waals surface area contributed by atoms with Crippen molar-refractivity contribution in [1.82, 2.24) is 15.5 Å². The van der Waals surface area contributed by atoms with Crippen molar-refractivity contribution in [3.63, 3.8) is 0 Å². The molecule has 0 spiro atoms. The number of hydrogen-bond acceptors (Lipinski definition) is 4. The molecule has 0 saturated carbocycles. The Morgan fingerprint density at radius 2 is 1.78 bits per heavy atom. The first-order valence-corrected chi connectivity index (χ1v) is 7.81. The van der Waals surface area contributed by atoms with Gasteiger partial charge < -0.3 is 15.5 Å². The van der Waals surface area contributed by atoms with Gasteiger partial charge in [0.15, 0.2) is 0 Å². The summed E-state index contributed by atoms with van der Waals surface area (Å²) < 4.78 is 11.2. The van der Waals surface area contributed by atoms with E-state index < -0.39 is 22.6 Å². The Labute approximate surface area is 109 Å². The minimum Gasteiger partial charge on any atom is -0.345 e. The van der Waals surface area contributed by atoms with Gasteiger partial charge in [-0.15, -0.1) is 0 Å². The Bertz CT molecular complexity index is 345. The molecule has 18 heavy (non-hydrogen) atoms. The second-order valence-electron chi connectivity index (χ2n) is 4.64. The molecule has 0 aromatic heterocycles. The lowest BCUT2D eigenvalue weighted by molar-refractivity contribution is -0.146. The van der Waals surface area contributed by atoms with Crippen LogP contribution in [0, 0.1) is 0 Å². The summed E-state index contributed by atoms with van der Waals surface area (Å²) >= 11 is 0. The van der Waals surface area contributed by atoms with Crippen molar-refractivity contribution in [3.8, 4) is 0 Å². The van der Waals surface area contributed by atoms with E-state index in [9.17, 15) is 13.8 Å². The fourth-order valence-electron chi connectivity index (χ4n) is 2.20. The van der Waals surface area contributed by atoms with E-state index in [1.54, 1.807) is 4.90 Å². The maximum atomic E-state index is 11.9. The normalized spacial score (nSPS) is 28.8. The van der Waals surface area contributed by atoms with E-state index in [1.165, 1.54) is 0 Å². The predicted octanol–water partition coefficient (Wildman–Crippen LogP) is -1.55. The van der Waals surface area contributed by atoms with Gasteiger partial charge in [-0.25, -0.2) is 0 Å². The van der Waals surface area contributed by atoms with Gasteiger partial charge in [0, 0.05) is 54.5 Å². The van der Waals surface area contributed by atoms with Crippen molar-refractivity contribution in [2.75, 3.05) is 37.7 Å². The summed E-state index contributed by atoms with van der Waals surface area (Å²) in [4.78, 5) is 25.2. The molecule has 2 aliphatic rings. The van der Waals surface area contributed by atoms with Crippen molar-refractivity contribution >= 4 is 22.6 Å². The van der Waals surface area contributed by atoms with E-state index >= 15 is 0 Å². The van der Waals surface area contributed by atoms with Crippen LogP contribution in [0.15, 0.2) is 0 Å². The lowest BCUT2D eigenvalue weighted by atomic mass is 10.1. The molecular formula is C11H19N3O3S. The number of amides is 2. The molecule has 2 N–H and O–H groups in total. The lowest BCUT2D eigenvalue weighted by Gasteiger charge is -2.28. The molecule has 0 atom stereocenters. The van der Waals surface area contributed by atoms with Gasteiger partial charge in [0.1, 0.15) is 0 Å². The molecule has 0 radical (unpaired) electrons. The van der Waals surface area contributed by atoms with Crippen LogP contribution < -0.4 is 10.6 Å². The maximum absolute atomic E-state index is 11.9. The zero-order chi connectivity index (χ0) is 13.0. The Morgan fingerprint density at radius 3 is 2.39 bits per heavy atom. The fraction of sp³-hybridized carbons (Fsp3) is 0.818. The molecule has 0 aromatic carbocycles. The average Bonchev–Trinajstić information content (AvgIpc) is 2.41. The van der Waals surface area contributed by atoms with Crippen molar-refractivity contribution in [3.05, 3.63) is 0 Å². The van der Waals surface area contributed by atoms with Crippen LogP contribution in [0.5, 0.6) is 0 Å². The third-order valence-corrected chi connectivity index (χ3v) is 4.70. The highest BCUT2D eigenvalue weighted by Gasteiger charge is 2.26. The van der Waals surface area contributed by atoms with Gasteiger partial charge >= 0.3 is 11.8 Å². The Hall–Kier alpha value is -0.950. The van der Waals surface area contributed by atoms with Crippen LogP contribution in [0.3, 0.4) is 0 Å². The molecule has 2 amide bonds. The standard InChI is InChI=1S/C11H19N3O3S/c15-10(11(16)14-5-3-12-4-6-14)13-9-1-7-18(17)8-2-9/h9,12H,1-8H2,(H,13,15). The number of carbonyl (C=O) groups excluding carboxylic acids is 2. The first kappa shape index (κ1) is 13.5. The molecule has 2 heterocycles. The number of piperazine rings is 1. The quantitative estimate of drug-likeness (QED) is 0.567. The van der Waals surface area contributed by atoms with Crippen LogP contribution in [0.1, 0.15) is 12.8 Å². The van der Waals surface area contributed by atoms with Crippen molar-refractivity contribution in [2.24, 2.45) is 0 Å². The summed E-state index contributed by atoms with van der Waals surface area (Å²) in [6.07, 6.45) is 1.40. The van der Waals surface area contributed by atoms with E-state index in [0.29, 0.717) is 37.4 Å². The summed E-state index contributed by atoms with van der Waals surface area (Å²) in [5, 5.41) is 5.89. The Morgan fingerprint density at radius 1 is 1.17 bits per heavy atom. The van der Waals surface area contributed by atoms with Crippen molar-refractivity contribution in [1.29, 1.82) is 0 Å². The number of rotatable bonds is 1. The van der Waals surface area contributed by atoms with E-state index in [-0.39, 0.29) is 6.04 Å². The molecule has 0 bridgehead atoms. The molecule has 2 aliphatic heterocycles. The second kappa shape index (κ2) is 6.29. The summed E-state index contributed by atoms with van der Waals surface area (Å²) in [7, 11) is -0.746. The van der Waals surface area contributed by atoms with Gasteiger partial charge in [0.25, 0.3) is 0 Å². The summed E-state index contributed by atoms with van der Waals surface area (Å²) in [6, 6.07) is 0.00191. The van der Waals surface area contributed by atoms with Gasteiger partial charge in [-0.1, -0.05) is 0 Å². The van der Waals surface area contributed by atoms with E-state index in [0.717, 1.165) is 13.1 Å². The number of nitrogens with one attached hydrogen (secondary N) is 2. The third kappa shape index (κ3) is 3.52. The predicted molar refractivity (Wildman–Crippen MR) is 68.5 cm³/mol. The molecule has 0 aromatic rings. The minimum atomic E-state index is -0.746. The zero-order valence-electron chi connectivity index (χ0n) is 10.3. The summed E-state index contributed by atoms with van der Waals surface area (Å²) in [5.41, 5.74) is 0. The molecule has 102 valence electrons. The maximum Gasteiger partial charge on any atom is 0.311 e. The smallest absolute Gasteiger partial charge is 0.311 e. The van der Waals surface area contributed by atoms with Crippen LogP contribution in [-0.2, 0) is 20.4 Å². The van der Waals surface area contributed by atoms with E-state index in [2.05, 4.69) is 10.6 Å². The largest absolute Gasteiger partial charge is 0.345 e. The van der Waals surface area contributed by atoms with Crippen LogP contribution in [0.25, 0.3) is 0 Å². The number of nitrogens with zero attached hydrogens (tertiary/aromatic N) is 1. The zero-order valence-corrected chi connectivity index (χ0v) is 11.1. The van der Waals surface area contributed by atoms with Gasteiger partial charge in [-0.2, -0.15) is 0 Å². The lowest BCUT2D eigenvalue weighted by Crippen LogP contribution is -2.53. The monoisotopic (exact) mass is 273 g/mol. The first-order valence-electron chi connectivity index (χ1n) is 6.32. The van der Waals surface area contributed by atoms with Gasteiger partial charge in [0.2, 0.25) is 0 Å². The fourth-order valence-corrected chi connectivity index (χ4v) is 3.50. The number of hydrogen-bond donors (Lipinski definition) is 2. The SMILES string of the molecule is O=C(NC1CCS(=O)CC1)C(=O)N1CCNCC1. The Kier molecular flexibility index (Phi) is 4.71. The molecule has 0 unspecified atom stereocenters. The van der Waals surface area contributed by atoms with E-state index in [4.69, 9.17) is 0 Å². The van der Waals surface area contributed by atoms with Crippen LogP contribution in [0.2, 0.25) is 0 Å². The first-order chi connectivity index (χ1) is 8.66. The topological polar surface area (TPSA) is 78.5 Å². The van der Waals surface area contributed by atoms with E-state index in [1.807, 2.05) is 0 Å². The molecule has 2 rings (SSSR count). The molecule has 2 saturated heterocycles. The van der Waals surface area contributed by atoms with Crippen molar-refractivity contribution in [2.45, 2.75) is 18.9 Å². The van der Waals surface area contributed by atoms with Crippen LogP contribution >= 0.6 is 0 Å².